The quantitative estimate of drug-likeness (QED) is 0.708. The minimum Gasteiger partial charge on any atom is -0.347 e. The number of piperidine rings is 2. The molecular formula is C23H34N2O5S. The molecule has 1 aromatic rings. The first kappa shape index (κ1) is 22.7. The van der Waals surface area contributed by atoms with Crippen LogP contribution in [-0.4, -0.2) is 68.7 Å². The molecular weight excluding hydrogens is 416 g/mol. The van der Waals surface area contributed by atoms with Crippen molar-refractivity contribution in [1.29, 1.82) is 0 Å². The van der Waals surface area contributed by atoms with Crippen molar-refractivity contribution >= 4 is 15.9 Å². The Bertz CT molecular complexity index is 924. The molecule has 0 aromatic heterocycles. The first-order chi connectivity index (χ1) is 14.6. The van der Waals surface area contributed by atoms with E-state index in [0.29, 0.717) is 70.0 Å². The number of carbonyl (C=O) groups is 1. The van der Waals surface area contributed by atoms with E-state index in [0.717, 1.165) is 22.3 Å². The molecule has 31 heavy (non-hydrogen) atoms. The lowest BCUT2D eigenvalue weighted by Gasteiger charge is -2.40. The van der Waals surface area contributed by atoms with E-state index in [1.807, 2.05) is 38.7 Å². The van der Waals surface area contributed by atoms with Crippen molar-refractivity contribution in [3.05, 3.63) is 28.3 Å². The third kappa shape index (κ3) is 4.15. The zero-order chi connectivity index (χ0) is 22.4. The van der Waals surface area contributed by atoms with Crippen LogP contribution in [0.4, 0.5) is 0 Å². The summed E-state index contributed by atoms with van der Waals surface area (Å²) in [5, 5.41) is 0. The highest BCUT2D eigenvalue weighted by atomic mass is 32.2. The van der Waals surface area contributed by atoms with Gasteiger partial charge in [-0.2, -0.15) is 4.31 Å². The van der Waals surface area contributed by atoms with Crippen molar-refractivity contribution in [3.63, 3.8) is 0 Å². The van der Waals surface area contributed by atoms with Gasteiger partial charge in [0.05, 0.1) is 18.1 Å². The fourth-order valence-corrected chi connectivity index (χ4v) is 7.20. The molecule has 3 aliphatic heterocycles. The molecule has 1 spiro atoms. The van der Waals surface area contributed by atoms with Crippen LogP contribution in [0, 0.1) is 33.6 Å². The molecule has 1 aromatic carbocycles. The van der Waals surface area contributed by atoms with Crippen molar-refractivity contribution in [3.8, 4) is 0 Å². The number of ether oxygens (including phenoxy) is 2. The van der Waals surface area contributed by atoms with Crippen molar-refractivity contribution in [2.75, 3.05) is 39.4 Å². The molecule has 4 rings (SSSR count). The number of benzene rings is 1. The highest BCUT2D eigenvalue weighted by molar-refractivity contribution is 7.89. The van der Waals surface area contributed by atoms with Gasteiger partial charge in [0.15, 0.2) is 5.79 Å². The number of hydrogen-bond donors (Lipinski definition) is 0. The number of rotatable bonds is 3. The van der Waals surface area contributed by atoms with Crippen LogP contribution in [0.3, 0.4) is 0 Å². The van der Waals surface area contributed by atoms with Gasteiger partial charge in [-0.05, 0) is 62.8 Å². The molecule has 3 aliphatic rings. The van der Waals surface area contributed by atoms with Gasteiger partial charge < -0.3 is 14.4 Å². The van der Waals surface area contributed by atoms with Crippen molar-refractivity contribution in [2.24, 2.45) is 5.92 Å². The van der Waals surface area contributed by atoms with Crippen molar-refractivity contribution < 1.29 is 22.7 Å². The molecule has 0 bridgehead atoms. The van der Waals surface area contributed by atoms with E-state index in [4.69, 9.17) is 9.47 Å². The second-order valence-corrected chi connectivity index (χ2v) is 11.1. The fourth-order valence-electron chi connectivity index (χ4n) is 5.15. The van der Waals surface area contributed by atoms with Gasteiger partial charge in [-0.3, -0.25) is 4.79 Å². The Hall–Kier alpha value is -1.48. The second kappa shape index (κ2) is 8.46. The molecule has 0 atom stereocenters. The molecule has 0 radical (unpaired) electrons. The van der Waals surface area contributed by atoms with Crippen LogP contribution >= 0.6 is 0 Å². The van der Waals surface area contributed by atoms with E-state index in [9.17, 15) is 13.2 Å². The van der Waals surface area contributed by atoms with Gasteiger partial charge in [-0.1, -0.05) is 6.07 Å². The normalized spacial score (nSPS) is 22.9. The van der Waals surface area contributed by atoms with Gasteiger partial charge >= 0.3 is 0 Å². The standard InChI is InChI=1S/C23H34N2O5S/c1-16-15-17(2)19(4)21(18(16)3)31(27,28)25-9-5-20(6-10-25)22(26)24-11-7-23(8-12-24)29-13-14-30-23/h15,20H,5-14H2,1-4H3. The lowest BCUT2D eigenvalue weighted by atomic mass is 9.94. The molecule has 0 unspecified atom stereocenters. The molecule has 7 nitrogen and oxygen atoms in total. The van der Waals surface area contributed by atoms with E-state index in [1.165, 1.54) is 0 Å². The maximum atomic E-state index is 13.5. The summed E-state index contributed by atoms with van der Waals surface area (Å²) in [6, 6.07) is 2.04. The van der Waals surface area contributed by atoms with Crippen molar-refractivity contribution in [1.82, 2.24) is 9.21 Å². The molecule has 0 aliphatic carbocycles. The first-order valence-electron chi connectivity index (χ1n) is 11.3. The average molecular weight is 451 g/mol. The zero-order valence-corrected chi connectivity index (χ0v) is 19.9. The van der Waals surface area contributed by atoms with Gasteiger partial charge in [0.25, 0.3) is 0 Å². The summed E-state index contributed by atoms with van der Waals surface area (Å²) in [4.78, 5) is 15.4. The number of carbonyl (C=O) groups excluding carboxylic acids is 1. The Morgan fingerprint density at radius 1 is 0.935 bits per heavy atom. The monoisotopic (exact) mass is 450 g/mol. The predicted octanol–water partition coefficient (Wildman–Crippen LogP) is 2.69. The SMILES string of the molecule is Cc1cc(C)c(C)c(S(=O)(=O)N2CCC(C(=O)N3CCC4(CC3)OCCO4)CC2)c1C. The van der Waals surface area contributed by atoms with Crippen molar-refractivity contribution in [2.45, 2.75) is 64.1 Å². The summed E-state index contributed by atoms with van der Waals surface area (Å²) in [6.07, 6.45) is 2.54. The highest BCUT2D eigenvalue weighted by Gasteiger charge is 2.42. The van der Waals surface area contributed by atoms with Gasteiger partial charge in [0.2, 0.25) is 15.9 Å². The first-order valence-corrected chi connectivity index (χ1v) is 12.7. The molecule has 0 saturated carbocycles. The topological polar surface area (TPSA) is 76.2 Å². The minimum atomic E-state index is -3.58. The van der Waals surface area contributed by atoms with E-state index in [-0.39, 0.29) is 11.8 Å². The third-order valence-corrected chi connectivity index (χ3v) is 9.52. The van der Waals surface area contributed by atoms with E-state index < -0.39 is 15.8 Å². The molecule has 3 saturated heterocycles. The lowest BCUT2D eigenvalue weighted by molar-refractivity contribution is -0.188. The van der Waals surface area contributed by atoms with E-state index in [1.54, 1.807) is 4.31 Å². The van der Waals surface area contributed by atoms with Gasteiger partial charge in [-0.25, -0.2) is 8.42 Å². The third-order valence-electron chi connectivity index (χ3n) is 7.35. The van der Waals surface area contributed by atoms with Crippen LogP contribution in [0.1, 0.15) is 47.9 Å². The highest BCUT2D eigenvalue weighted by Crippen LogP contribution is 2.34. The molecule has 172 valence electrons. The number of amides is 1. The van der Waals surface area contributed by atoms with Gasteiger partial charge in [-0.15, -0.1) is 0 Å². The Balaban J connectivity index is 1.40. The summed E-state index contributed by atoms with van der Waals surface area (Å²) in [6.45, 7) is 11.0. The number of sulfonamides is 1. The maximum absolute atomic E-state index is 13.5. The second-order valence-electron chi connectivity index (χ2n) is 9.20. The average Bonchev–Trinajstić information content (AvgIpc) is 3.20. The summed E-state index contributed by atoms with van der Waals surface area (Å²) < 4.78 is 40.0. The van der Waals surface area contributed by atoms with E-state index in [2.05, 4.69) is 0 Å². The van der Waals surface area contributed by atoms with Gasteiger partial charge in [0, 0.05) is 44.9 Å². The van der Waals surface area contributed by atoms with Crippen LogP contribution in [0.2, 0.25) is 0 Å². The zero-order valence-electron chi connectivity index (χ0n) is 19.1. The number of nitrogens with zero attached hydrogens (tertiary/aromatic N) is 2. The predicted molar refractivity (Wildman–Crippen MR) is 117 cm³/mol. The van der Waals surface area contributed by atoms with Crippen LogP contribution in [0.25, 0.3) is 0 Å². The Morgan fingerprint density at radius 3 is 1.97 bits per heavy atom. The van der Waals surface area contributed by atoms with Crippen LogP contribution in [-0.2, 0) is 24.3 Å². The summed E-state index contributed by atoms with van der Waals surface area (Å²) >= 11 is 0. The molecule has 3 fully saturated rings. The maximum Gasteiger partial charge on any atom is 0.243 e. The summed E-state index contributed by atoms with van der Waals surface area (Å²) in [7, 11) is -3.58. The largest absolute Gasteiger partial charge is 0.347 e. The van der Waals surface area contributed by atoms with Crippen LogP contribution < -0.4 is 0 Å². The number of likely N-dealkylation sites (tertiary alicyclic amines) is 1. The molecule has 1 amide bonds. The summed E-state index contributed by atoms with van der Waals surface area (Å²) in [5.74, 6) is -0.466. The lowest BCUT2D eigenvalue weighted by Crippen LogP contribution is -2.50. The van der Waals surface area contributed by atoms with Crippen LogP contribution in [0.15, 0.2) is 11.0 Å². The summed E-state index contributed by atoms with van der Waals surface area (Å²) in [5.41, 5.74) is 3.62. The number of aryl methyl sites for hydroxylation is 2. The Labute approximate surface area is 185 Å². The van der Waals surface area contributed by atoms with E-state index >= 15 is 0 Å². The smallest absolute Gasteiger partial charge is 0.243 e. The molecule has 0 N–H and O–H groups in total. The molecule has 3 heterocycles. The fraction of sp³-hybridized carbons (Fsp3) is 0.696. The van der Waals surface area contributed by atoms with Crippen LogP contribution in [0.5, 0.6) is 0 Å². The van der Waals surface area contributed by atoms with Gasteiger partial charge in [0.1, 0.15) is 0 Å². The minimum absolute atomic E-state index is 0.118. The molecule has 8 heteroatoms. The Kier molecular flexibility index (Phi) is 6.20. The Morgan fingerprint density at radius 2 is 1.45 bits per heavy atom. The number of hydrogen-bond acceptors (Lipinski definition) is 5.